The number of rotatable bonds is 6. The number of aryl methyl sites for hydroxylation is 3. The number of amides is 2. The summed E-state index contributed by atoms with van der Waals surface area (Å²) in [5.74, 6) is 0.840. The summed E-state index contributed by atoms with van der Waals surface area (Å²) in [4.78, 5) is 11.8. The lowest BCUT2D eigenvalue weighted by molar-refractivity contribution is 0.236. The molecule has 0 fully saturated rings. The van der Waals surface area contributed by atoms with Crippen molar-refractivity contribution in [3.63, 3.8) is 0 Å². The zero-order valence-corrected chi connectivity index (χ0v) is 12.8. The Morgan fingerprint density at radius 1 is 1.43 bits per heavy atom. The first-order valence-electron chi connectivity index (χ1n) is 7.24. The molecule has 0 saturated carbocycles. The van der Waals surface area contributed by atoms with Crippen molar-refractivity contribution in [1.29, 1.82) is 0 Å². The Labute approximate surface area is 125 Å². The number of furan rings is 1. The predicted octanol–water partition coefficient (Wildman–Crippen LogP) is 2.75. The standard InChI is InChI=1S/C16H23N3O2/c1-12(6-7-15-5-4-9-19(15)3)18-16(20)17-11-14-8-10-21-13(14)2/h4-5,8-10,12H,6-7,11H2,1-3H3,(H2,17,18,20)/t12-/m0/s1. The van der Waals surface area contributed by atoms with Crippen LogP contribution in [0.2, 0.25) is 0 Å². The van der Waals surface area contributed by atoms with Gasteiger partial charge in [-0.25, -0.2) is 4.79 Å². The molecule has 2 N–H and O–H groups in total. The van der Waals surface area contributed by atoms with Crippen LogP contribution < -0.4 is 10.6 Å². The molecule has 2 aromatic rings. The SMILES string of the molecule is Cc1occc1CNC(=O)N[C@@H](C)CCc1cccn1C. The molecule has 2 aromatic heterocycles. The van der Waals surface area contributed by atoms with Crippen LogP contribution in [-0.4, -0.2) is 16.6 Å². The average molecular weight is 289 g/mol. The van der Waals surface area contributed by atoms with Crippen molar-refractivity contribution in [3.05, 3.63) is 47.7 Å². The first-order chi connectivity index (χ1) is 10.1. The van der Waals surface area contributed by atoms with E-state index < -0.39 is 0 Å². The van der Waals surface area contributed by atoms with E-state index in [1.165, 1.54) is 5.69 Å². The van der Waals surface area contributed by atoms with Gasteiger partial charge in [0.1, 0.15) is 5.76 Å². The highest BCUT2D eigenvalue weighted by molar-refractivity contribution is 5.74. The summed E-state index contributed by atoms with van der Waals surface area (Å²) in [6, 6.07) is 6.00. The van der Waals surface area contributed by atoms with Gasteiger partial charge in [0, 0.05) is 37.1 Å². The molecule has 0 aliphatic rings. The second-order valence-corrected chi connectivity index (χ2v) is 5.38. The Hall–Kier alpha value is -2.17. The number of hydrogen-bond donors (Lipinski definition) is 2. The van der Waals surface area contributed by atoms with Gasteiger partial charge in [0.2, 0.25) is 0 Å². The Morgan fingerprint density at radius 2 is 2.24 bits per heavy atom. The van der Waals surface area contributed by atoms with Crippen molar-refractivity contribution in [2.24, 2.45) is 7.05 Å². The topological polar surface area (TPSA) is 59.2 Å². The minimum atomic E-state index is -0.144. The smallest absolute Gasteiger partial charge is 0.315 e. The summed E-state index contributed by atoms with van der Waals surface area (Å²) >= 11 is 0. The lowest BCUT2D eigenvalue weighted by atomic mass is 10.1. The highest BCUT2D eigenvalue weighted by Gasteiger charge is 2.09. The first-order valence-corrected chi connectivity index (χ1v) is 7.24. The Morgan fingerprint density at radius 3 is 2.86 bits per heavy atom. The third-order valence-electron chi connectivity index (χ3n) is 3.67. The van der Waals surface area contributed by atoms with Gasteiger partial charge in [0.05, 0.1) is 6.26 Å². The maximum Gasteiger partial charge on any atom is 0.315 e. The molecule has 1 atom stereocenters. The van der Waals surface area contributed by atoms with Crippen molar-refractivity contribution >= 4 is 6.03 Å². The quantitative estimate of drug-likeness (QED) is 0.859. The van der Waals surface area contributed by atoms with E-state index in [4.69, 9.17) is 4.42 Å². The van der Waals surface area contributed by atoms with E-state index in [1.807, 2.05) is 39.2 Å². The number of urea groups is 1. The van der Waals surface area contributed by atoms with E-state index >= 15 is 0 Å². The van der Waals surface area contributed by atoms with E-state index in [0.29, 0.717) is 6.54 Å². The van der Waals surface area contributed by atoms with E-state index in [-0.39, 0.29) is 12.1 Å². The van der Waals surface area contributed by atoms with Crippen LogP contribution in [0, 0.1) is 6.92 Å². The summed E-state index contributed by atoms with van der Waals surface area (Å²) in [5, 5.41) is 5.80. The highest BCUT2D eigenvalue weighted by Crippen LogP contribution is 2.08. The fourth-order valence-corrected chi connectivity index (χ4v) is 2.24. The third kappa shape index (κ3) is 4.41. The lowest BCUT2D eigenvalue weighted by Crippen LogP contribution is -2.40. The minimum Gasteiger partial charge on any atom is -0.469 e. The monoisotopic (exact) mass is 289 g/mol. The molecule has 0 aromatic carbocycles. The zero-order chi connectivity index (χ0) is 15.2. The molecule has 21 heavy (non-hydrogen) atoms. The number of nitrogens with one attached hydrogen (secondary N) is 2. The molecule has 0 radical (unpaired) electrons. The number of carbonyl (C=O) groups is 1. The molecule has 0 unspecified atom stereocenters. The van der Waals surface area contributed by atoms with E-state index in [0.717, 1.165) is 24.2 Å². The number of hydrogen-bond acceptors (Lipinski definition) is 2. The summed E-state index contributed by atoms with van der Waals surface area (Å²) in [6.07, 6.45) is 5.53. The van der Waals surface area contributed by atoms with Crippen LogP contribution in [0.3, 0.4) is 0 Å². The third-order valence-corrected chi connectivity index (χ3v) is 3.67. The van der Waals surface area contributed by atoms with Gasteiger partial charge in [0.15, 0.2) is 0 Å². The minimum absolute atomic E-state index is 0.130. The van der Waals surface area contributed by atoms with Crippen LogP contribution in [-0.2, 0) is 20.0 Å². The van der Waals surface area contributed by atoms with Gasteiger partial charge < -0.3 is 19.6 Å². The number of nitrogens with zero attached hydrogens (tertiary/aromatic N) is 1. The predicted molar refractivity (Wildman–Crippen MR) is 82.0 cm³/mol. The molecule has 2 rings (SSSR count). The molecule has 0 aliphatic carbocycles. The van der Waals surface area contributed by atoms with E-state index in [9.17, 15) is 4.79 Å². The maximum atomic E-state index is 11.8. The molecule has 0 bridgehead atoms. The molecule has 0 spiro atoms. The van der Waals surface area contributed by atoms with Gasteiger partial charge >= 0.3 is 6.03 Å². The largest absolute Gasteiger partial charge is 0.469 e. The molecule has 5 nitrogen and oxygen atoms in total. The Kier molecular flexibility index (Phi) is 5.09. The average Bonchev–Trinajstić information content (AvgIpc) is 3.03. The van der Waals surface area contributed by atoms with Crippen LogP contribution in [0.25, 0.3) is 0 Å². The summed E-state index contributed by atoms with van der Waals surface area (Å²) in [6.45, 7) is 4.39. The van der Waals surface area contributed by atoms with Gasteiger partial charge in [-0.15, -0.1) is 0 Å². The highest BCUT2D eigenvalue weighted by atomic mass is 16.3. The first kappa shape index (κ1) is 15.2. The second-order valence-electron chi connectivity index (χ2n) is 5.38. The van der Waals surface area contributed by atoms with Crippen LogP contribution in [0.15, 0.2) is 35.1 Å². The van der Waals surface area contributed by atoms with Gasteiger partial charge in [0.25, 0.3) is 0 Å². The lowest BCUT2D eigenvalue weighted by Gasteiger charge is -2.14. The normalized spacial score (nSPS) is 12.1. The molecule has 5 heteroatoms. The van der Waals surface area contributed by atoms with Crippen molar-refractivity contribution in [1.82, 2.24) is 15.2 Å². The van der Waals surface area contributed by atoms with Gasteiger partial charge in [-0.2, -0.15) is 0 Å². The van der Waals surface area contributed by atoms with Crippen molar-refractivity contribution in [2.75, 3.05) is 0 Å². The summed E-state index contributed by atoms with van der Waals surface area (Å²) in [5.41, 5.74) is 2.28. The second kappa shape index (κ2) is 7.02. The van der Waals surface area contributed by atoms with Gasteiger partial charge in [-0.05, 0) is 44.9 Å². The van der Waals surface area contributed by atoms with E-state index in [2.05, 4.69) is 21.3 Å². The van der Waals surface area contributed by atoms with E-state index in [1.54, 1.807) is 6.26 Å². The van der Waals surface area contributed by atoms with Crippen molar-refractivity contribution in [3.8, 4) is 0 Å². The van der Waals surface area contributed by atoms with Gasteiger partial charge in [-0.3, -0.25) is 0 Å². The molecule has 0 aliphatic heterocycles. The van der Waals surface area contributed by atoms with Crippen LogP contribution in [0.1, 0.15) is 30.4 Å². The maximum absolute atomic E-state index is 11.8. The molecule has 114 valence electrons. The van der Waals surface area contributed by atoms with Crippen LogP contribution in [0.4, 0.5) is 4.79 Å². The Bertz CT molecular complexity index is 586. The van der Waals surface area contributed by atoms with Crippen LogP contribution in [0.5, 0.6) is 0 Å². The molecular formula is C16H23N3O2. The number of carbonyl (C=O) groups excluding carboxylic acids is 1. The zero-order valence-electron chi connectivity index (χ0n) is 12.8. The molecule has 0 saturated heterocycles. The summed E-state index contributed by atoms with van der Waals surface area (Å²) in [7, 11) is 2.04. The molecular weight excluding hydrogens is 266 g/mol. The molecule has 2 amide bonds. The van der Waals surface area contributed by atoms with Crippen LogP contribution >= 0.6 is 0 Å². The fourth-order valence-electron chi connectivity index (χ4n) is 2.24. The van der Waals surface area contributed by atoms with Gasteiger partial charge in [-0.1, -0.05) is 0 Å². The molecule has 2 heterocycles. The Balaban J connectivity index is 1.70. The van der Waals surface area contributed by atoms with Crippen molar-refractivity contribution < 1.29 is 9.21 Å². The fraction of sp³-hybridized carbons (Fsp3) is 0.438. The summed E-state index contributed by atoms with van der Waals surface area (Å²) < 4.78 is 7.30. The van der Waals surface area contributed by atoms with Crippen molar-refractivity contribution in [2.45, 2.75) is 39.3 Å². The number of aromatic nitrogens is 1.